The molecule has 3 unspecified atom stereocenters. The van der Waals surface area contributed by atoms with E-state index in [9.17, 15) is 14.7 Å². The zero-order valence-electron chi connectivity index (χ0n) is 11.7. The number of hydrogen-bond donors (Lipinski definition) is 2. The summed E-state index contributed by atoms with van der Waals surface area (Å²) < 4.78 is 5.92. The Bertz CT molecular complexity index is 513. The molecular weight excluding hydrogens is 314 g/mol. The number of thiophene rings is 1. The van der Waals surface area contributed by atoms with Gasteiger partial charge < -0.3 is 15.2 Å². The smallest absolute Gasteiger partial charge is 0.326 e. The normalized spacial score (nSPS) is 21.5. The minimum absolute atomic E-state index is 0.181. The molecule has 2 rings (SSSR count). The lowest BCUT2D eigenvalue weighted by Gasteiger charge is -2.28. The van der Waals surface area contributed by atoms with E-state index in [0.717, 1.165) is 17.7 Å². The number of nitrogens with one attached hydrogen (secondary N) is 1. The first-order chi connectivity index (χ1) is 9.99. The maximum atomic E-state index is 12.3. The molecule has 116 valence electrons. The van der Waals surface area contributed by atoms with Gasteiger partial charge in [-0.3, -0.25) is 4.79 Å². The number of amides is 1. The Morgan fingerprint density at radius 1 is 1.52 bits per heavy atom. The summed E-state index contributed by atoms with van der Waals surface area (Å²) in [6.07, 6.45) is 1.57. The summed E-state index contributed by atoms with van der Waals surface area (Å²) >= 11 is 7.19. The molecule has 7 heteroatoms. The summed E-state index contributed by atoms with van der Waals surface area (Å²) in [6, 6.07) is 2.61. The average molecular weight is 332 g/mol. The topological polar surface area (TPSA) is 75.6 Å². The molecule has 2 heterocycles. The van der Waals surface area contributed by atoms with Gasteiger partial charge in [0.2, 0.25) is 5.91 Å². The van der Waals surface area contributed by atoms with Crippen molar-refractivity contribution in [3.8, 4) is 0 Å². The van der Waals surface area contributed by atoms with Crippen LogP contribution in [-0.2, 0) is 14.3 Å². The van der Waals surface area contributed by atoms with Crippen molar-refractivity contribution >= 4 is 34.8 Å². The maximum absolute atomic E-state index is 12.3. The molecule has 1 aliphatic rings. The van der Waals surface area contributed by atoms with Crippen LogP contribution in [0.4, 0.5) is 0 Å². The van der Waals surface area contributed by atoms with Crippen LogP contribution in [-0.4, -0.2) is 36.2 Å². The molecule has 2 N–H and O–H groups in total. The highest BCUT2D eigenvalue weighted by Crippen LogP contribution is 2.28. The summed E-state index contributed by atoms with van der Waals surface area (Å²) in [6.45, 7) is 2.77. The molecular formula is C14H18ClNO4S. The summed E-state index contributed by atoms with van der Waals surface area (Å²) in [5.74, 6) is -1.92. The molecule has 21 heavy (non-hydrogen) atoms. The van der Waals surface area contributed by atoms with Gasteiger partial charge in [0.1, 0.15) is 6.04 Å². The van der Waals surface area contributed by atoms with Gasteiger partial charge in [-0.05, 0) is 31.9 Å². The highest BCUT2D eigenvalue weighted by Gasteiger charge is 2.32. The van der Waals surface area contributed by atoms with E-state index in [-0.39, 0.29) is 11.8 Å². The number of carboxylic acids is 1. The van der Waals surface area contributed by atoms with Gasteiger partial charge in [-0.25, -0.2) is 4.79 Å². The van der Waals surface area contributed by atoms with E-state index in [0.29, 0.717) is 17.6 Å². The monoisotopic (exact) mass is 331 g/mol. The predicted octanol–water partition coefficient (Wildman–Crippen LogP) is 2.50. The molecule has 0 radical (unpaired) electrons. The summed E-state index contributed by atoms with van der Waals surface area (Å²) in [5, 5.41) is 12.0. The molecule has 0 spiro atoms. The predicted molar refractivity (Wildman–Crippen MR) is 80.9 cm³/mol. The van der Waals surface area contributed by atoms with Crippen molar-refractivity contribution < 1.29 is 19.4 Å². The van der Waals surface area contributed by atoms with Gasteiger partial charge in [0.15, 0.2) is 0 Å². The highest BCUT2D eigenvalue weighted by molar-refractivity contribution is 7.16. The molecule has 0 aliphatic carbocycles. The minimum atomic E-state index is -1.02. The van der Waals surface area contributed by atoms with Crippen LogP contribution in [0.3, 0.4) is 0 Å². The van der Waals surface area contributed by atoms with Crippen LogP contribution in [0.15, 0.2) is 12.1 Å². The third-order valence-electron chi connectivity index (χ3n) is 3.64. The van der Waals surface area contributed by atoms with Gasteiger partial charge in [-0.1, -0.05) is 11.6 Å². The fraction of sp³-hybridized carbons (Fsp3) is 0.571. The number of hydrogen-bond acceptors (Lipinski definition) is 4. The number of carboxylic acid groups (broad SMARTS) is 1. The fourth-order valence-corrected chi connectivity index (χ4v) is 3.49. The SMILES string of the molecule is CC(C(=O)NC(C(=O)O)C1CCCOC1)c1ccc(Cl)s1. The molecule has 1 aliphatic heterocycles. The largest absolute Gasteiger partial charge is 0.480 e. The first-order valence-corrected chi connectivity index (χ1v) is 8.04. The van der Waals surface area contributed by atoms with Gasteiger partial charge in [0.05, 0.1) is 16.9 Å². The molecule has 0 bridgehead atoms. The Labute approximate surface area is 132 Å². The van der Waals surface area contributed by atoms with Crippen molar-refractivity contribution in [3.05, 3.63) is 21.3 Å². The Hall–Kier alpha value is -1.11. The summed E-state index contributed by atoms with van der Waals surface area (Å²) in [5.41, 5.74) is 0. The second kappa shape index (κ2) is 7.24. The lowest BCUT2D eigenvalue weighted by atomic mass is 9.93. The summed E-state index contributed by atoms with van der Waals surface area (Å²) in [4.78, 5) is 24.5. The van der Waals surface area contributed by atoms with Crippen LogP contribution in [0.2, 0.25) is 4.34 Å². The van der Waals surface area contributed by atoms with Gasteiger partial charge in [-0.15, -0.1) is 11.3 Å². The standard InChI is InChI=1S/C14H18ClNO4S/c1-8(10-4-5-11(15)21-10)13(17)16-12(14(18)19)9-3-2-6-20-7-9/h4-5,8-9,12H,2-3,6-7H2,1H3,(H,16,17)(H,18,19). The molecule has 1 aromatic rings. The number of aliphatic carboxylic acids is 1. The van der Waals surface area contributed by atoms with Gasteiger partial charge >= 0.3 is 5.97 Å². The Morgan fingerprint density at radius 2 is 2.29 bits per heavy atom. The zero-order chi connectivity index (χ0) is 15.4. The first-order valence-electron chi connectivity index (χ1n) is 6.85. The van der Waals surface area contributed by atoms with Crippen molar-refractivity contribution in [1.82, 2.24) is 5.32 Å². The number of carbonyl (C=O) groups is 2. The Kier molecular flexibility index (Phi) is 5.61. The van der Waals surface area contributed by atoms with E-state index < -0.39 is 17.9 Å². The molecule has 1 saturated heterocycles. The number of rotatable bonds is 5. The molecule has 5 nitrogen and oxygen atoms in total. The van der Waals surface area contributed by atoms with E-state index in [2.05, 4.69) is 5.32 Å². The lowest BCUT2D eigenvalue weighted by Crippen LogP contribution is -2.49. The second-order valence-corrected chi connectivity index (χ2v) is 6.91. The van der Waals surface area contributed by atoms with Gasteiger partial charge in [0, 0.05) is 17.4 Å². The highest BCUT2D eigenvalue weighted by atomic mass is 35.5. The second-order valence-electron chi connectivity index (χ2n) is 5.17. The Morgan fingerprint density at radius 3 is 2.81 bits per heavy atom. The van der Waals surface area contributed by atoms with E-state index in [1.807, 2.05) is 0 Å². The van der Waals surface area contributed by atoms with E-state index >= 15 is 0 Å². The van der Waals surface area contributed by atoms with Crippen molar-refractivity contribution in [2.45, 2.75) is 31.7 Å². The van der Waals surface area contributed by atoms with Gasteiger partial charge in [-0.2, -0.15) is 0 Å². The molecule has 3 atom stereocenters. The van der Waals surface area contributed by atoms with Crippen LogP contribution >= 0.6 is 22.9 Å². The third-order valence-corrected chi connectivity index (χ3v) is 5.06. The quantitative estimate of drug-likeness (QED) is 0.869. The average Bonchev–Trinajstić information content (AvgIpc) is 2.90. The maximum Gasteiger partial charge on any atom is 0.326 e. The van der Waals surface area contributed by atoms with Crippen molar-refractivity contribution in [3.63, 3.8) is 0 Å². The first kappa shape index (κ1) is 16.3. The van der Waals surface area contributed by atoms with Gasteiger partial charge in [0.25, 0.3) is 0 Å². The van der Waals surface area contributed by atoms with Crippen LogP contribution in [0.25, 0.3) is 0 Å². The number of ether oxygens (including phenoxy) is 1. The van der Waals surface area contributed by atoms with Crippen LogP contribution in [0.5, 0.6) is 0 Å². The minimum Gasteiger partial charge on any atom is -0.480 e. The molecule has 0 saturated carbocycles. The molecule has 1 aromatic heterocycles. The third kappa shape index (κ3) is 4.18. The zero-order valence-corrected chi connectivity index (χ0v) is 13.2. The molecule has 0 aromatic carbocycles. The number of carbonyl (C=O) groups excluding carboxylic acids is 1. The number of halogens is 1. The van der Waals surface area contributed by atoms with Crippen molar-refractivity contribution in [2.24, 2.45) is 5.92 Å². The van der Waals surface area contributed by atoms with Crippen molar-refractivity contribution in [2.75, 3.05) is 13.2 Å². The Balaban J connectivity index is 2.02. The fourth-order valence-electron chi connectivity index (χ4n) is 2.38. The summed E-state index contributed by atoms with van der Waals surface area (Å²) in [7, 11) is 0. The molecule has 1 amide bonds. The van der Waals surface area contributed by atoms with Crippen LogP contribution < -0.4 is 5.32 Å². The van der Waals surface area contributed by atoms with Crippen LogP contribution in [0, 0.1) is 5.92 Å². The van der Waals surface area contributed by atoms with E-state index in [4.69, 9.17) is 16.3 Å². The lowest BCUT2D eigenvalue weighted by molar-refractivity contribution is -0.145. The van der Waals surface area contributed by atoms with E-state index in [1.54, 1.807) is 19.1 Å². The van der Waals surface area contributed by atoms with E-state index in [1.165, 1.54) is 11.3 Å². The van der Waals surface area contributed by atoms with Crippen LogP contribution in [0.1, 0.15) is 30.6 Å². The molecule has 1 fully saturated rings. The van der Waals surface area contributed by atoms with Crippen molar-refractivity contribution in [1.29, 1.82) is 0 Å².